The Morgan fingerprint density at radius 2 is 1.92 bits per heavy atom. The molecule has 1 N–H and O–H groups in total. The fourth-order valence-corrected chi connectivity index (χ4v) is 5.08. The van der Waals surface area contributed by atoms with Crippen LogP contribution in [-0.4, -0.2) is 36.1 Å². The summed E-state index contributed by atoms with van der Waals surface area (Å²) in [7, 11) is 0. The first-order chi connectivity index (χ1) is 17.1. The van der Waals surface area contributed by atoms with Crippen molar-refractivity contribution in [2.75, 3.05) is 18.1 Å². The van der Waals surface area contributed by atoms with Crippen molar-refractivity contribution in [3.63, 3.8) is 0 Å². The van der Waals surface area contributed by atoms with Gasteiger partial charge in [0.15, 0.2) is 0 Å². The zero-order chi connectivity index (χ0) is 25.9. The molecule has 1 aromatic heterocycles. The Labute approximate surface area is 211 Å². The summed E-state index contributed by atoms with van der Waals surface area (Å²) in [6.45, 7) is 4.26. The fourth-order valence-electron chi connectivity index (χ4n) is 4.22. The van der Waals surface area contributed by atoms with Gasteiger partial charge in [-0.15, -0.1) is 11.3 Å². The molecular weight excluding hydrogens is 491 g/mol. The van der Waals surface area contributed by atoms with Crippen LogP contribution in [0.4, 0.5) is 18.9 Å². The van der Waals surface area contributed by atoms with E-state index in [2.05, 4.69) is 10.3 Å². The van der Waals surface area contributed by atoms with E-state index in [4.69, 9.17) is 4.74 Å². The number of ether oxygens (including phenoxy) is 1. The summed E-state index contributed by atoms with van der Waals surface area (Å²) in [6.07, 6.45) is -3.08. The molecule has 6 nitrogen and oxygen atoms in total. The predicted octanol–water partition coefficient (Wildman–Crippen LogP) is 5.46. The highest BCUT2D eigenvalue weighted by Gasteiger charge is 2.37. The molecule has 0 saturated carbocycles. The van der Waals surface area contributed by atoms with Crippen molar-refractivity contribution in [1.82, 2.24) is 10.3 Å². The number of nitrogens with one attached hydrogen (secondary N) is 1. The molecule has 190 valence electrons. The molecule has 1 saturated heterocycles. The lowest BCUT2D eigenvalue weighted by Gasteiger charge is -2.32. The molecule has 3 aromatic rings. The summed E-state index contributed by atoms with van der Waals surface area (Å²) < 4.78 is 46.4. The van der Waals surface area contributed by atoms with Crippen molar-refractivity contribution >= 4 is 28.8 Å². The molecule has 2 aromatic carbocycles. The van der Waals surface area contributed by atoms with Gasteiger partial charge in [-0.05, 0) is 50.5 Å². The van der Waals surface area contributed by atoms with Gasteiger partial charge in [0, 0.05) is 18.8 Å². The number of hydrogen-bond acceptors (Lipinski definition) is 5. The van der Waals surface area contributed by atoms with E-state index in [0.717, 1.165) is 41.2 Å². The molecular formula is C26H26F3N3O3S. The zero-order valence-electron chi connectivity index (χ0n) is 19.8. The van der Waals surface area contributed by atoms with Crippen LogP contribution in [0.2, 0.25) is 0 Å². The third kappa shape index (κ3) is 5.76. The van der Waals surface area contributed by atoms with E-state index in [1.165, 1.54) is 12.1 Å². The van der Waals surface area contributed by atoms with E-state index < -0.39 is 29.6 Å². The minimum Gasteiger partial charge on any atom is -0.376 e. The van der Waals surface area contributed by atoms with E-state index in [-0.39, 0.29) is 23.2 Å². The number of halogens is 3. The highest BCUT2D eigenvalue weighted by atomic mass is 32.1. The number of amides is 2. The molecule has 2 heterocycles. The molecule has 1 fully saturated rings. The topological polar surface area (TPSA) is 71.5 Å². The number of alkyl halides is 3. The highest BCUT2D eigenvalue weighted by molar-refractivity contribution is 7.13. The summed E-state index contributed by atoms with van der Waals surface area (Å²) in [4.78, 5) is 33.3. The van der Waals surface area contributed by atoms with Gasteiger partial charge in [-0.3, -0.25) is 14.5 Å². The molecule has 0 aliphatic carbocycles. The van der Waals surface area contributed by atoms with Crippen LogP contribution in [0.25, 0.3) is 0 Å². The molecule has 1 aliphatic rings. The third-order valence-electron chi connectivity index (χ3n) is 5.92. The Balaban J connectivity index is 1.82. The Kier molecular flexibility index (Phi) is 7.75. The lowest BCUT2D eigenvalue weighted by molar-refractivity contribution is -0.137. The molecule has 4 rings (SSSR count). The number of rotatable bonds is 7. The van der Waals surface area contributed by atoms with Crippen LogP contribution in [-0.2, 0) is 15.7 Å². The molecule has 36 heavy (non-hydrogen) atoms. The first-order valence-corrected chi connectivity index (χ1v) is 12.4. The molecule has 10 heteroatoms. The Morgan fingerprint density at radius 1 is 1.17 bits per heavy atom. The van der Waals surface area contributed by atoms with Crippen molar-refractivity contribution in [3.8, 4) is 0 Å². The maximum atomic E-state index is 13.9. The average molecular weight is 518 g/mol. The van der Waals surface area contributed by atoms with Crippen LogP contribution in [0.3, 0.4) is 0 Å². The SMILES string of the molecule is Cc1nc(C)c(C(=O)N(c2cccc(C(F)(F)F)c2)[C@@H](C(=O)NC[C@H]2CCCO2)c2ccccc2)s1. The monoisotopic (exact) mass is 517 g/mol. The van der Waals surface area contributed by atoms with Crippen LogP contribution < -0.4 is 10.2 Å². The standard InChI is InChI=1S/C26H26F3N3O3S/c1-16-23(36-17(2)31-16)25(34)32(20-11-6-10-19(14-20)26(27,28)29)22(18-8-4-3-5-9-18)24(33)30-15-21-12-7-13-35-21/h3-6,8-11,14,21-22H,7,12-13,15H2,1-2H3,(H,30,33)/t21-,22-/m1/s1. The molecule has 2 atom stereocenters. The number of aromatic nitrogens is 1. The highest BCUT2D eigenvalue weighted by Crippen LogP contribution is 2.36. The number of carbonyl (C=O) groups is 2. The minimum absolute atomic E-state index is 0.0404. The summed E-state index contributed by atoms with van der Waals surface area (Å²) >= 11 is 1.14. The number of carbonyl (C=O) groups excluding carboxylic acids is 2. The van der Waals surface area contributed by atoms with Crippen LogP contribution in [0.5, 0.6) is 0 Å². The fraction of sp³-hybridized carbons (Fsp3) is 0.346. The molecule has 2 amide bonds. The average Bonchev–Trinajstić information content (AvgIpc) is 3.49. The van der Waals surface area contributed by atoms with Crippen molar-refractivity contribution in [1.29, 1.82) is 0 Å². The van der Waals surface area contributed by atoms with Gasteiger partial charge in [-0.1, -0.05) is 36.4 Å². The smallest absolute Gasteiger partial charge is 0.376 e. The second-order valence-electron chi connectivity index (χ2n) is 8.56. The van der Waals surface area contributed by atoms with Crippen molar-refractivity contribution in [2.24, 2.45) is 0 Å². The third-order valence-corrected chi connectivity index (χ3v) is 6.98. The number of thiazole rings is 1. The van der Waals surface area contributed by atoms with Gasteiger partial charge >= 0.3 is 6.18 Å². The van der Waals surface area contributed by atoms with Crippen LogP contribution in [0.15, 0.2) is 54.6 Å². The Morgan fingerprint density at radius 3 is 2.53 bits per heavy atom. The van der Waals surface area contributed by atoms with Gasteiger partial charge in [0.25, 0.3) is 5.91 Å². The number of aryl methyl sites for hydroxylation is 2. The Bertz CT molecular complexity index is 1220. The second-order valence-corrected chi connectivity index (χ2v) is 9.77. The number of nitrogens with zero attached hydrogens (tertiary/aromatic N) is 2. The summed E-state index contributed by atoms with van der Waals surface area (Å²) in [5.41, 5.74) is -0.0407. The molecule has 0 radical (unpaired) electrons. The maximum Gasteiger partial charge on any atom is 0.416 e. The van der Waals surface area contributed by atoms with E-state index in [1.807, 2.05) is 0 Å². The van der Waals surface area contributed by atoms with E-state index >= 15 is 0 Å². The molecule has 0 unspecified atom stereocenters. The lowest BCUT2D eigenvalue weighted by Crippen LogP contribution is -2.45. The van der Waals surface area contributed by atoms with Crippen LogP contribution in [0, 0.1) is 13.8 Å². The second kappa shape index (κ2) is 10.8. The quantitative estimate of drug-likeness (QED) is 0.452. The van der Waals surface area contributed by atoms with Crippen LogP contribution >= 0.6 is 11.3 Å². The number of hydrogen-bond donors (Lipinski definition) is 1. The first kappa shape index (κ1) is 25.8. The predicted molar refractivity (Wildman–Crippen MR) is 131 cm³/mol. The van der Waals surface area contributed by atoms with Gasteiger partial charge in [0.05, 0.1) is 22.4 Å². The Hall–Kier alpha value is -3.24. The number of anilines is 1. The van der Waals surface area contributed by atoms with Gasteiger partial charge in [0.1, 0.15) is 10.9 Å². The minimum atomic E-state index is -4.62. The normalized spacial score (nSPS) is 16.5. The van der Waals surface area contributed by atoms with Crippen molar-refractivity contribution < 1.29 is 27.5 Å². The largest absolute Gasteiger partial charge is 0.416 e. The van der Waals surface area contributed by atoms with Gasteiger partial charge in [-0.2, -0.15) is 13.2 Å². The molecule has 0 bridgehead atoms. The van der Waals surface area contributed by atoms with E-state index in [9.17, 15) is 22.8 Å². The van der Waals surface area contributed by atoms with Crippen molar-refractivity contribution in [3.05, 3.63) is 81.3 Å². The number of benzene rings is 2. The summed E-state index contributed by atoms with van der Waals surface area (Å²) in [5.74, 6) is -1.11. The van der Waals surface area contributed by atoms with Gasteiger partial charge in [0.2, 0.25) is 5.91 Å². The maximum absolute atomic E-state index is 13.9. The zero-order valence-corrected chi connectivity index (χ0v) is 20.7. The van der Waals surface area contributed by atoms with E-state index in [0.29, 0.717) is 22.9 Å². The lowest BCUT2D eigenvalue weighted by atomic mass is 10.0. The summed E-state index contributed by atoms with van der Waals surface area (Å²) in [5, 5.41) is 3.49. The van der Waals surface area contributed by atoms with E-state index in [1.54, 1.807) is 44.2 Å². The van der Waals surface area contributed by atoms with Crippen LogP contribution in [0.1, 0.15) is 50.4 Å². The van der Waals surface area contributed by atoms with Gasteiger partial charge in [-0.25, -0.2) is 4.98 Å². The first-order valence-electron chi connectivity index (χ1n) is 11.5. The molecule has 1 aliphatic heterocycles. The molecule has 0 spiro atoms. The van der Waals surface area contributed by atoms with Gasteiger partial charge < -0.3 is 10.1 Å². The van der Waals surface area contributed by atoms with Crippen molar-refractivity contribution in [2.45, 2.75) is 45.0 Å². The summed E-state index contributed by atoms with van der Waals surface area (Å²) in [6, 6.07) is 11.8.